The van der Waals surface area contributed by atoms with Gasteiger partial charge in [0, 0.05) is 39.3 Å². The first kappa shape index (κ1) is 13.7. The number of hydrazine groups is 1. The Hall–Kier alpha value is -0.690. The minimum absolute atomic E-state index is 0.0753. The topological polar surface area (TPSA) is 56.8 Å². The van der Waals surface area contributed by atoms with E-state index in [4.69, 9.17) is 4.74 Å². The molecule has 104 valence electrons. The fraction of sp³-hybridized carbons (Fsp3) is 0.917. The van der Waals surface area contributed by atoms with E-state index >= 15 is 0 Å². The SMILES string of the molecule is CC(C)(C(=O)NN1CCOCC1)N1CCNCC1. The first-order valence-corrected chi connectivity index (χ1v) is 6.70. The van der Waals surface area contributed by atoms with Crippen LogP contribution in [0.5, 0.6) is 0 Å². The van der Waals surface area contributed by atoms with E-state index in [1.165, 1.54) is 0 Å². The minimum Gasteiger partial charge on any atom is -0.379 e. The third-order valence-corrected chi connectivity index (χ3v) is 3.73. The number of hydrogen-bond donors (Lipinski definition) is 2. The molecule has 1 amide bonds. The maximum absolute atomic E-state index is 12.4. The Morgan fingerprint density at radius 1 is 1.17 bits per heavy atom. The molecule has 2 saturated heterocycles. The summed E-state index contributed by atoms with van der Waals surface area (Å²) in [7, 11) is 0. The largest absolute Gasteiger partial charge is 0.379 e. The summed E-state index contributed by atoms with van der Waals surface area (Å²) in [4.78, 5) is 14.6. The number of carbonyl (C=O) groups is 1. The number of piperazine rings is 1. The zero-order chi connectivity index (χ0) is 13.0. The highest BCUT2D eigenvalue weighted by Crippen LogP contribution is 2.15. The van der Waals surface area contributed by atoms with Crippen LogP contribution in [-0.4, -0.2) is 73.8 Å². The zero-order valence-electron chi connectivity index (χ0n) is 11.4. The van der Waals surface area contributed by atoms with E-state index in [0.717, 1.165) is 39.3 Å². The summed E-state index contributed by atoms with van der Waals surface area (Å²) in [5.74, 6) is 0.0753. The molecule has 0 aliphatic carbocycles. The van der Waals surface area contributed by atoms with Crippen LogP contribution in [0, 0.1) is 0 Å². The van der Waals surface area contributed by atoms with Gasteiger partial charge in [-0.25, -0.2) is 5.01 Å². The van der Waals surface area contributed by atoms with Gasteiger partial charge >= 0.3 is 0 Å². The molecule has 2 aliphatic rings. The molecule has 0 unspecified atom stereocenters. The Morgan fingerprint density at radius 3 is 2.39 bits per heavy atom. The number of nitrogens with one attached hydrogen (secondary N) is 2. The van der Waals surface area contributed by atoms with Crippen LogP contribution in [0.3, 0.4) is 0 Å². The third kappa shape index (κ3) is 3.20. The summed E-state index contributed by atoms with van der Waals surface area (Å²) in [6, 6.07) is 0. The molecule has 0 saturated carbocycles. The predicted molar refractivity (Wildman–Crippen MR) is 69.1 cm³/mol. The predicted octanol–water partition coefficient (Wildman–Crippen LogP) is -0.966. The van der Waals surface area contributed by atoms with Crippen molar-refractivity contribution in [1.29, 1.82) is 0 Å². The van der Waals surface area contributed by atoms with Gasteiger partial charge in [0.25, 0.3) is 5.91 Å². The van der Waals surface area contributed by atoms with Gasteiger partial charge < -0.3 is 10.1 Å². The third-order valence-electron chi connectivity index (χ3n) is 3.73. The van der Waals surface area contributed by atoms with Crippen LogP contribution in [0.15, 0.2) is 0 Å². The van der Waals surface area contributed by atoms with Crippen molar-refractivity contribution in [1.82, 2.24) is 20.7 Å². The monoisotopic (exact) mass is 256 g/mol. The number of nitrogens with zero attached hydrogens (tertiary/aromatic N) is 2. The molecule has 18 heavy (non-hydrogen) atoms. The van der Waals surface area contributed by atoms with Crippen molar-refractivity contribution in [3.05, 3.63) is 0 Å². The molecule has 2 fully saturated rings. The molecule has 0 radical (unpaired) electrons. The van der Waals surface area contributed by atoms with Crippen LogP contribution in [-0.2, 0) is 9.53 Å². The van der Waals surface area contributed by atoms with Crippen molar-refractivity contribution in [2.75, 3.05) is 52.5 Å². The number of amides is 1. The van der Waals surface area contributed by atoms with Gasteiger partial charge in [-0.15, -0.1) is 0 Å². The van der Waals surface area contributed by atoms with Crippen LogP contribution in [0.1, 0.15) is 13.8 Å². The second-order valence-corrected chi connectivity index (χ2v) is 5.34. The molecule has 0 atom stereocenters. The van der Waals surface area contributed by atoms with Crippen molar-refractivity contribution in [3.63, 3.8) is 0 Å². The number of rotatable bonds is 3. The maximum Gasteiger partial charge on any atom is 0.254 e. The summed E-state index contributed by atoms with van der Waals surface area (Å²) in [5, 5.41) is 5.26. The lowest BCUT2D eigenvalue weighted by atomic mass is 10.0. The summed E-state index contributed by atoms with van der Waals surface area (Å²) in [5.41, 5.74) is 2.55. The van der Waals surface area contributed by atoms with Crippen molar-refractivity contribution in [2.24, 2.45) is 0 Å². The first-order valence-electron chi connectivity index (χ1n) is 6.70. The molecule has 6 nitrogen and oxygen atoms in total. The Morgan fingerprint density at radius 2 is 1.78 bits per heavy atom. The lowest BCUT2D eigenvalue weighted by Crippen LogP contribution is -2.63. The molecule has 2 aliphatic heterocycles. The molecule has 0 aromatic rings. The summed E-state index contributed by atoms with van der Waals surface area (Å²) >= 11 is 0. The Balaban J connectivity index is 1.88. The van der Waals surface area contributed by atoms with E-state index < -0.39 is 5.54 Å². The van der Waals surface area contributed by atoms with E-state index in [9.17, 15) is 4.79 Å². The van der Waals surface area contributed by atoms with Crippen molar-refractivity contribution >= 4 is 5.91 Å². The highest BCUT2D eigenvalue weighted by molar-refractivity contribution is 5.85. The molecule has 2 rings (SSSR count). The first-order chi connectivity index (χ1) is 8.60. The van der Waals surface area contributed by atoms with E-state index in [1.54, 1.807) is 0 Å². The average Bonchev–Trinajstić information content (AvgIpc) is 2.41. The van der Waals surface area contributed by atoms with Crippen LogP contribution in [0.2, 0.25) is 0 Å². The lowest BCUT2D eigenvalue weighted by molar-refractivity contribution is -0.139. The van der Waals surface area contributed by atoms with Gasteiger partial charge in [0.15, 0.2) is 0 Å². The number of carbonyl (C=O) groups excluding carboxylic acids is 1. The molecule has 2 heterocycles. The number of morpholine rings is 1. The standard InChI is InChI=1S/C12H24N4O2/c1-12(2,15-5-3-13-4-6-15)11(17)14-16-7-9-18-10-8-16/h13H,3-10H2,1-2H3,(H,14,17). The van der Waals surface area contributed by atoms with Crippen molar-refractivity contribution in [2.45, 2.75) is 19.4 Å². The second-order valence-electron chi connectivity index (χ2n) is 5.34. The van der Waals surface area contributed by atoms with Gasteiger partial charge in [-0.05, 0) is 13.8 Å². The Labute approximate surface area is 109 Å². The van der Waals surface area contributed by atoms with Gasteiger partial charge in [0.05, 0.1) is 18.8 Å². The maximum atomic E-state index is 12.4. The fourth-order valence-corrected chi connectivity index (χ4v) is 2.32. The van der Waals surface area contributed by atoms with Crippen molar-refractivity contribution < 1.29 is 9.53 Å². The van der Waals surface area contributed by atoms with Gasteiger partial charge in [-0.3, -0.25) is 15.1 Å². The molecule has 0 aromatic heterocycles. The van der Waals surface area contributed by atoms with Crippen LogP contribution in [0.25, 0.3) is 0 Å². The van der Waals surface area contributed by atoms with Gasteiger partial charge in [-0.1, -0.05) is 0 Å². The van der Waals surface area contributed by atoms with Gasteiger partial charge in [0.1, 0.15) is 0 Å². The van der Waals surface area contributed by atoms with Crippen molar-refractivity contribution in [3.8, 4) is 0 Å². The van der Waals surface area contributed by atoms with Gasteiger partial charge in [-0.2, -0.15) is 0 Å². The highest BCUT2D eigenvalue weighted by Gasteiger charge is 2.36. The second kappa shape index (κ2) is 5.97. The van der Waals surface area contributed by atoms with E-state index in [2.05, 4.69) is 15.6 Å². The summed E-state index contributed by atoms with van der Waals surface area (Å²) in [6.45, 7) is 10.6. The Bertz CT molecular complexity index is 284. The van der Waals surface area contributed by atoms with E-state index in [0.29, 0.717) is 13.2 Å². The summed E-state index contributed by atoms with van der Waals surface area (Å²) in [6.07, 6.45) is 0. The van der Waals surface area contributed by atoms with Gasteiger partial charge in [0.2, 0.25) is 0 Å². The minimum atomic E-state index is -0.458. The molecular formula is C12H24N4O2. The smallest absolute Gasteiger partial charge is 0.254 e. The molecule has 0 aromatic carbocycles. The lowest BCUT2D eigenvalue weighted by Gasteiger charge is -2.41. The normalized spacial score (nSPS) is 23.9. The fourth-order valence-electron chi connectivity index (χ4n) is 2.32. The molecular weight excluding hydrogens is 232 g/mol. The highest BCUT2D eigenvalue weighted by atomic mass is 16.5. The van der Waals surface area contributed by atoms with Crippen LogP contribution < -0.4 is 10.7 Å². The number of hydrogen-bond acceptors (Lipinski definition) is 5. The summed E-state index contributed by atoms with van der Waals surface area (Å²) < 4.78 is 5.27. The van der Waals surface area contributed by atoms with E-state index in [-0.39, 0.29) is 5.91 Å². The van der Waals surface area contributed by atoms with E-state index in [1.807, 2.05) is 18.9 Å². The average molecular weight is 256 g/mol. The molecule has 2 N–H and O–H groups in total. The van der Waals surface area contributed by atoms with Crippen LogP contribution >= 0.6 is 0 Å². The zero-order valence-corrected chi connectivity index (χ0v) is 11.4. The quantitative estimate of drug-likeness (QED) is 0.681. The van der Waals surface area contributed by atoms with Crippen LogP contribution in [0.4, 0.5) is 0 Å². The Kier molecular flexibility index (Phi) is 4.55. The molecule has 0 bridgehead atoms. The molecule has 0 spiro atoms. The number of ether oxygens (including phenoxy) is 1. The molecule has 6 heteroatoms.